The van der Waals surface area contributed by atoms with Crippen LogP contribution < -0.4 is 5.32 Å². The lowest BCUT2D eigenvalue weighted by molar-refractivity contribution is -0.327. The van der Waals surface area contributed by atoms with Crippen molar-refractivity contribution in [3.05, 3.63) is 24.3 Å². The topological polar surface area (TPSA) is 301 Å². The average Bonchev–Trinajstić information content (AvgIpc) is 3.37. The molecule has 1 rings (SSSR count). The first-order valence-electron chi connectivity index (χ1n) is 27.8. The van der Waals surface area contributed by atoms with E-state index in [1.165, 1.54) is 77.0 Å². The second-order valence-electron chi connectivity index (χ2n) is 19.4. The number of carbonyl (C=O) groups excluding carboxylic acids is 2. The molecule has 0 saturated carbocycles. The van der Waals surface area contributed by atoms with Crippen LogP contribution in [0.5, 0.6) is 0 Å². The number of aliphatic hydroxyl groups is 8. The van der Waals surface area contributed by atoms with E-state index in [1.54, 1.807) is 0 Å². The number of aliphatic hydroxyl groups excluding tert-OH is 8. The van der Waals surface area contributed by atoms with Gasteiger partial charge in [-0.2, -0.15) is 0 Å². The number of rotatable bonds is 49. The summed E-state index contributed by atoms with van der Waals surface area (Å²) in [5, 5.41) is 83.8. The van der Waals surface area contributed by atoms with Crippen LogP contribution in [-0.4, -0.2) is 165 Å². The van der Waals surface area contributed by atoms with Crippen LogP contribution in [0.3, 0.4) is 0 Å². The molecule has 0 radical (unpaired) electrons. The Labute approximate surface area is 437 Å². The molecule has 3 unspecified atom stereocenters. The highest BCUT2D eigenvalue weighted by Crippen LogP contribution is 2.43. The highest BCUT2D eigenvalue weighted by molar-refractivity contribution is 7.47. The molecule has 0 spiro atoms. The van der Waals surface area contributed by atoms with Crippen molar-refractivity contribution in [2.24, 2.45) is 0 Å². The van der Waals surface area contributed by atoms with E-state index in [2.05, 4.69) is 43.5 Å². The fraction of sp³-hybridized carbons (Fsp3) is 0.887. The second-order valence-corrected chi connectivity index (χ2v) is 20.8. The minimum absolute atomic E-state index is 0.108. The highest BCUT2D eigenvalue weighted by Gasteiger charge is 2.47. The maximum absolute atomic E-state index is 12.9. The monoisotopic (exact) mass is 1070 g/mol. The first-order chi connectivity index (χ1) is 35.2. The molecule has 0 aromatic heterocycles. The van der Waals surface area contributed by atoms with Gasteiger partial charge in [-0.3, -0.25) is 18.6 Å². The third-order valence-corrected chi connectivity index (χ3v) is 13.7. The largest absolute Gasteiger partial charge is 0.472 e. The second kappa shape index (κ2) is 45.1. The fourth-order valence-electron chi connectivity index (χ4n) is 8.17. The summed E-state index contributed by atoms with van der Waals surface area (Å²) in [6.07, 6.45) is 21.3. The number of hydrogen-bond acceptors (Lipinski definition) is 18. The van der Waals surface area contributed by atoms with Crippen LogP contribution >= 0.6 is 7.82 Å². The minimum Gasteiger partial charge on any atom is -0.462 e. The number of phosphoric acid groups is 1. The molecule has 1 aliphatic heterocycles. The summed E-state index contributed by atoms with van der Waals surface area (Å²) < 4.78 is 44.6. The number of nitrogens with one attached hydrogen (secondary N) is 1. The van der Waals surface area contributed by atoms with Crippen molar-refractivity contribution in [3.8, 4) is 0 Å². The Balaban J connectivity index is 2.59. The van der Waals surface area contributed by atoms with E-state index >= 15 is 0 Å². The minimum atomic E-state index is -4.76. The molecule has 1 fully saturated rings. The van der Waals surface area contributed by atoms with Gasteiger partial charge in [-0.15, -0.1) is 0 Å². The summed E-state index contributed by atoms with van der Waals surface area (Å²) in [6, 6.07) is 0. The summed E-state index contributed by atoms with van der Waals surface area (Å²) >= 11 is 0. The lowest BCUT2D eigenvalue weighted by atomic mass is 9.98. The van der Waals surface area contributed by atoms with Crippen molar-refractivity contribution in [3.63, 3.8) is 0 Å². The van der Waals surface area contributed by atoms with Gasteiger partial charge in [0, 0.05) is 25.9 Å². The molecule has 10 N–H and O–H groups in total. The van der Waals surface area contributed by atoms with Crippen LogP contribution in [0.15, 0.2) is 24.3 Å². The molecule has 0 bridgehead atoms. The Morgan fingerprint density at radius 3 is 1.59 bits per heavy atom. The van der Waals surface area contributed by atoms with E-state index in [0.717, 1.165) is 77.0 Å². The van der Waals surface area contributed by atoms with Gasteiger partial charge in [-0.25, -0.2) is 4.57 Å². The maximum atomic E-state index is 12.9. The maximum Gasteiger partial charge on any atom is 0.472 e. The van der Waals surface area contributed by atoms with E-state index in [1.807, 2.05) is 0 Å². The number of esters is 2. The van der Waals surface area contributed by atoms with Crippen LogP contribution in [0, 0.1) is 0 Å². The molecule has 1 heterocycles. The lowest BCUT2D eigenvalue weighted by Gasteiger charge is -2.42. The molecule has 0 amide bonds. The molecule has 1 saturated heterocycles. The molecule has 0 aliphatic carbocycles. The molecule has 0 aromatic carbocycles. The molecule has 73 heavy (non-hydrogen) atoms. The number of carbonyl (C=O) groups is 2. The van der Waals surface area contributed by atoms with Crippen molar-refractivity contribution in [1.82, 2.24) is 5.32 Å². The Bertz CT molecular complexity index is 1440. The predicted octanol–water partition coefficient (Wildman–Crippen LogP) is 6.50. The number of unbranched alkanes of at least 4 members (excludes halogenated alkanes) is 22. The predicted molar refractivity (Wildman–Crippen MR) is 278 cm³/mol. The Kier molecular flexibility index (Phi) is 42.7. The third-order valence-electron chi connectivity index (χ3n) is 12.8. The Morgan fingerprint density at radius 2 is 1.10 bits per heavy atom. The lowest BCUT2D eigenvalue weighted by Crippen LogP contribution is -2.61. The van der Waals surface area contributed by atoms with Crippen LogP contribution in [0.2, 0.25) is 0 Å². The number of ether oxygens (including phenoxy) is 4. The summed E-state index contributed by atoms with van der Waals surface area (Å²) in [5.41, 5.74) is 0. The Hall–Kier alpha value is -1.91. The first-order valence-corrected chi connectivity index (χ1v) is 29.3. The van der Waals surface area contributed by atoms with Gasteiger partial charge in [0.15, 0.2) is 12.4 Å². The van der Waals surface area contributed by atoms with Crippen molar-refractivity contribution >= 4 is 19.8 Å². The molecule has 0 aromatic rings. The van der Waals surface area contributed by atoms with Gasteiger partial charge in [-0.1, -0.05) is 141 Å². The smallest absolute Gasteiger partial charge is 0.462 e. The normalized spacial score (nSPS) is 21.3. The van der Waals surface area contributed by atoms with Gasteiger partial charge < -0.3 is 70.0 Å². The van der Waals surface area contributed by atoms with Gasteiger partial charge in [0.25, 0.3) is 0 Å². The summed E-state index contributed by atoms with van der Waals surface area (Å²) in [7, 11) is -4.76. The van der Waals surface area contributed by atoms with E-state index < -0.39 is 121 Å². The summed E-state index contributed by atoms with van der Waals surface area (Å²) in [6.45, 7) is 0.659. The molecular formula is C53H100NO18P. The van der Waals surface area contributed by atoms with Gasteiger partial charge in [0.2, 0.25) is 0 Å². The molecule has 430 valence electrons. The first kappa shape index (κ1) is 69.1. The molecular weight excluding hydrogens is 970 g/mol. The van der Waals surface area contributed by atoms with E-state index in [0.29, 0.717) is 12.8 Å². The summed E-state index contributed by atoms with van der Waals surface area (Å²) in [4.78, 5) is 36.0. The van der Waals surface area contributed by atoms with Crippen LogP contribution in [-0.2, 0) is 42.1 Å². The summed E-state index contributed by atoms with van der Waals surface area (Å²) in [5.74, 6) is -1.05. The zero-order chi connectivity index (χ0) is 54.0. The van der Waals surface area contributed by atoms with Crippen molar-refractivity contribution < 1.29 is 87.9 Å². The van der Waals surface area contributed by atoms with Crippen LogP contribution in [0.1, 0.15) is 194 Å². The molecule has 1 aliphatic rings. The van der Waals surface area contributed by atoms with Crippen molar-refractivity contribution in [1.29, 1.82) is 0 Å². The standard InChI is InChI=1S/C53H100NO18P/c1-3-5-7-9-11-13-15-17-19-21-23-25-27-29-31-33-46(59)67-40-42(70-47(60)34-32-30-28-26-24-22-20-18-16-14-12-10-8-6-4-2)41-69-73(65,66)68-36-35-54-37-43(57)48(61)52(44(58)38-55)72-53-51(64)50(63)49(62)45(39-56)71-53/h17-20,42-45,48-58,61-64H,3-16,21-41H2,1-2H3,(H,65,66)/b19-17-,20-18-/t42-,43?,44-,45-,48?,49+,50+,51-,52-,53+/m1/s1. The van der Waals surface area contributed by atoms with Gasteiger partial charge in [0.05, 0.1) is 32.5 Å². The van der Waals surface area contributed by atoms with Crippen molar-refractivity contribution in [2.45, 2.75) is 255 Å². The fourth-order valence-corrected chi connectivity index (χ4v) is 8.93. The van der Waals surface area contributed by atoms with E-state index in [-0.39, 0.29) is 19.4 Å². The van der Waals surface area contributed by atoms with Crippen LogP contribution in [0.4, 0.5) is 0 Å². The van der Waals surface area contributed by atoms with Crippen LogP contribution in [0.25, 0.3) is 0 Å². The van der Waals surface area contributed by atoms with E-state index in [9.17, 15) is 59.9 Å². The quantitative estimate of drug-likeness (QED) is 0.0135. The van der Waals surface area contributed by atoms with Crippen molar-refractivity contribution in [2.75, 3.05) is 46.1 Å². The van der Waals surface area contributed by atoms with E-state index in [4.69, 9.17) is 28.0 Å². The van der Waals surface area contributed by atoms with Gasteiger partial charge >= 0.3 is 19.8 Å². The number of hydrogen-bond donors (Lipinski definition) is 10. The van der Waals surface area contributed by atoms with Gasteiger partial charge in [-0.05, 0) is 64.2 Å². The molecule has 20 heteroatoms. The number of allylic oxidation sites excluding steroid dienone is 4. The SMILES string of the molecule is CCCCCCCC/C=C\CCCCCCCC(=O)OC[C@H](COP(=O)(O)OCCNCC(O)C(O)[C@H](O[C@@H]1O[C@H](CO)[C@H](O)[C@H](O)[C@H]1O)[C@H](O)CO)OC(=O)CCCCCCC/C=C\CCCCCCCC. The Morgan fingerprint density at radius 1 is 0.616 bits per heavy atom. The molecule has 11 atom stereocenters. The van der Waals surface area contributed by atoms with Gasteiger partial charge in [0.1, 0.15) is 49.3 Å². The average molecular weight is 1070 g/mol. The zero-order valence-electron chi connectivity index (χ0n) is 44.5. The molecule has 19 nitrogen and oxygen atoms in total. The highest BCUT2D eigenvalue weighted by atomic mass is 31.2. The third kappa shape index (κ3) is 35.2. The number of phosphoric ester groups is 1. The zero-order valence-corrected chi connectivity index (χ0v) is 45.4.